The first kappa shape index (κ1) is 17.3. The van der Waals surface area contributed by atoms with E-state index in [1.54, 1.807) is 7.11 Å². The van der Waals surface area contributed by atoms with Crippen LogP contribution in [0.5, 0.6) is 5.75 Å². The van der Waals surface area contributed by atoms with Gasteiger partial charge in [-0.15, -0.1) is 0 Å². The molecule has 0 aromatic heterocycles. The van der Waals surface area contributed by atoms with Crippen molar-refractivity contribution < 1.29 is 9.94 Å². The lowest BCUT2D eigenvalue weighted by molar-refractivity contribution is 0.238. The van der Waals surface area contributed by atoms with Crippen LogP contribution in [0, 0.1) is 5.92 Å². The molecule has 0 spiro atoms. The van der Waals surface area contributed by atoms with Gasteiger partial charge in [-0.1, -0.05) is 38.4 Å². The van der Waals surface area contributed by atoms with Crippen LogP contribution in [-0.4, -0.2) is 36.1 Å². The Bertz CT molecular complexity index is 475. The van der Waals surface area contributed by atoms with Gasteiger partial charge in [0, 0.05) is 13.1 Å². The van der Waals surface area contributed by atoms with E-state index in [0.29, 0.717) is 17.2 Å². The van der Waals surface area contributed by atoms with Crippen LogP contribution in [-0.2, 0) is 6.54 Å². The molecule has 0 aliphatic rings. The average Bonchev–Trinajstić information content (AvgIpc) is 2.52. The Hall–Kier alpha value is -1.75. The highest BCUT2D eigenvalue weighted by Crippen LogP contribution is 2.21. The smallest absolute Gasteiger partial charge is 0.173 e. The van der Waals surface area contributed by atoms with E-state index >= 15 is 0 Å². The molecule has 0 amide bonds. The van der Waals surface area contributed by atoms with Gasteiger partial charge in [-0.05, 0) is 30.2 Å². The fraction of sp³-hybridized carbons (Fsp3) is 0.562. The molecular weight excluding hydrogens is 266 g/mol. The second kappa shape index (κ2) is 8.52. The first-order chi connectivity index (χ1) is 10.0. The molecule has 5 nitrogen and oxygen atoms in total. The Morgan fingerprint density at radius 2 is 2.14 bits per heavy atom. The third-order valence-electron chi connectivity index (χ3n) is 3.77. The topological polar surface area (TPSA) is 71.1 Å². The number of hydrogen-bond acceptors (Lipinski definition) is 4. The van der Waals surface area contributed by atoms with Crippen molar-refractivity contribution in [1.29, 1.82) is 0 Å². The number of rotatable bonds is 8. The van der Waals surface area contributed by atoms with Gasteiger partial charge in [-0.25, -0.2) is 0 Å². The molecule has 0 heterocycles. The van der Waals surface area contributed by atoms with Crippen LogP contribution in [0.1, 0.15) is 38.3 Å². The highest BCUT2D eigenvalue weighted by molar-refractivity contribution is 5.99. The van der Waals surface area contributed by atoms with Crippen molar-refractivity contribution in [2.45, 2.75) is 33.7 Å². The number of amidine groups is 1. The SMILES string of the molecule is CCC(C)CN(CC)Cc1ccc(/C(N)=N/O)c(OC)c1. The molecule has 1 aromatic rings. The number of nitrogens with zero attached hydrogens (tertiary/aromatic N) is 2. The molecule has 0 bridgehead atoms. The molecule has 0 fully saturated rings. The van der Waals surface area contributed by atoms with Crippen LogP contribution in [0.15, 0.2) is 23.4 Å². The molecule has 0 aliphatic heterocycles. The molecule has 118 valence electrons. The summed E-state index contributed by atoms with van der Waals surface area (Å²) in [6.07, 6.45) is 1.18. The van der Waals surface area contributed by atoms with E-state index < -0.39 is 0 Å². The minimum atomic E-state index is 0.0605. The number of benzene rings is 1. The summed E-state index contributed by atoms with van der Waals surface area (Å²) in [4.78, 5) is 2.41. The van der Waals surface area contributed by atoms with E-state index in [9.17, 15) is 0 Å². The van der Waals surface area contributed by atoms with E-state index in [0.717, 1.165) is 25.2 Å². The molecule has 1 rings (SSSR count). The van der Waals surface area contributed by atoms with Gasteiger partial charge < -0.3 is 15.7 Å². The van der Waals surface area contributed by atoms with Gasteiger partial charge in [-0.3, -0.25) is 4.90 Å². The molecule has 1 unspecified atom stereocenters. The molecule has 3 N–H and O–H groups in total. The van der Waals surface area contributed by atoms with Crippen molar-refractivity contribution in [2.75, 3.05) is 20.2 Å². The third-order valence-corrected chi connectivity index (χ3v) is 3.77. The molecule has 0 saturated heterocycles. The van der Waals surface area contributed by atoms with E-state index in [1.165, 1.54) is 6.42 Å². The number of nitrogens with two attached hydrogens (primary N) is 1. The van der Waals surface area contributed by atoms with E-state index in [2.05, 4.69) is 30.8 Å². The van der Waals surface area contributed by atoms with Gasteiger partial charge in [0.05, 0.1) is 12.7 Å². The predicted octanol–water partition coefficient (Wildman–Crippen LogP) is 2.66. The van der Waals surface area contributed by atoms with Gasteiger partial charge in [0.15, 0.2) is 5.84 Å². The van der Waals surface area contributed by atoms with Crippen LogP contribution in [0.25, 0.3) is 0 Å². The molecule has 1 aromatic carbocycles. The quantitative estimate of drug-likeness (QED) is 0.334. The van der Waals surface area contributed by atoms with Gasteiger partial charge >= 0.3 is 0 Å². The second-order valence-corrected chi connectivity index (χ2v) is 5.36. The van der Waals surface area contributed by atoms with Gasteiger partial charge in [0.25, 0.3) is 0 Å². The van der Waals surface area contributed by atoms with Gasteiger partial charge in [0.1, 0.15) is 5.75 Å². The summed E-state index contributed by atoms with van der Waals surface area (Å²) in [6, 6.07) is 5.78. The molecule has 5 heteroatoms. The Morgan fingerprint density at radius 3 is 2.67 bits per heavy atom. The largest absolute Gasteiger partial charge is 0.496 e. The Kier molecular flexibility index (Phi) is 7.02. The first-order valence-corrected chi connectivity index (χ1v) is 7.42. The molecule has 21 heavy (non-hydrogen) atoms. The minimum Gasteiger partial charge on any atom is -0.496 e. The molecule has 0 aliphatic carbocycles. The Morgan fingerprint density at radius 1 is 1.43 bits per heavy atom. The number of hydrogen-bond donors (Lipinski definition) is 2. The maximum atomic E-state index is 8.79. The summed E-state index contributed by atoms with van der Waals surface area (Å²) in [5.41, 5.74) is 7.41. The lowest BCUT2D eigenvalue weighted by atomic mass is 10.1. The average molecular weight is 293 g/mol. The van der Waals surface area contributed by atoms with Gasteiger partial charge in [0.2, 0.25) is 0 Å². The zero-order chi connectivity index (χ0) is 15.8. The maximum Gasteiger partial charge on any atom is 0.173 e. The summed E-state index contributed by atoms with van der Waals surface area (Å²) in [6.45, 7) is 9.61. The van der Waals surface area contributed by atoms with Crippen molar-refractivity contribution in [1.82, 2.24) is 4.90 Å². The van der Waals surface area contributed by atoms with E-state index in [-0.39, 0.29) is 5.84 Å². The Labute approximate surface area is 127 Å². The monoisotopic (exact) mass is 293 g/mol. The lowest BCUT2D eigenvalue weighted by Crippen LogP contribution is -2.28. The number of oxime groups is 1. The zero-order valence-electron chi connectivity index (χ0n) is 13.5. The summed E-state index contributed by atoms with van der Waals surface area (Å²) >= 11 is 0. The summed E-state index contributed by atoms with van der Waals surface area (Å²) in [5, 5.41) is 11.8. The van der Waals surface area contributed by atoms with Crippen molar-refractivity contribution in [3.05, 3.63) is 29.3 Å². The van der Waals surface area contributed by atoms with Crippen molar-refractivity contribution in [3.63, 3.8) is 0 Å². The fourth-order valence-corrected chi connectivity index (χ4v) is 2.23. The van der Waals surface area contributed by atoms with Crippen LogP contribution in [0.2, 0.25) is 0 Å². The highest BCUT2D eigenvalue weighted by Gasteiger charge is 2.12. The first-order valence-electron chi connectivity index (χ1n) is 7.42. The van der Waals surface area contributed by atoms with Crippen molar-refractivity contribution in [3.8, 4) is 5.75 Å². The Balaban J connectivity index is 2.89. The van der Waals surface area contributed by atoms with Crippen molar-refractivity contribution >= 4 is 5.84 Å². The zero-order valence-corrected chi connectivity index (χ0v) is 13.5. The molecular formula is C16H27N3O2. The maximum absolute atomic E-state index is 8.79. The molecule has 0 radical (unpaired) electrons. The number of ether oxygens (including phenoxy) is 1. The van der Waals surface area contributed by atoms with Crippen LogP contribution < -0.4 is 10.5 Å². The minimum absolute atomic E-state index is 0.0605. The highest BCUT2D eigenvalue weighted by atomic mass is 16.5. The lowest BCUT2D eigenvalue weighted by Gasteiger charge is -2.24. The molecule has 1 atom stereocenters. The van der Waals surface area contributed by atoms with Crippen molar-refractivity contribution in [2.24, 2.45) is 16.8 Å². The predicted molar refractivity (Wildman–Crippen MR) is 85.9 cm³/mol. The second-order valence-electron chi connectivity index (χ2n) is 5.36. The van der Waals surface area contributed by atoms with Crippen LogP contribution >= 0.6 is 0 Å². The third kappa shape index (κ3) is 4.93. The number of methoxy groups -OCH3 is 1. The van der Waals surface area contributed by atoms with E-state index in [4.69, 9.17) is 15.7 Å². The summed E-state index contributed by atoms with van der Waals surface area (Å²) in [7, 11) is 1.59. The summed E-state index contributed by atoms with van der Waals surface area (Å²) in [5.74, 6) is 1.37. The molecule has 0 saturated carbocycles. The van der Waals surface area contributed by atoms with Crippen LogP contribution in [0.4, 0.5) is 0 Å². The fourth-order valence-electron chi connectivity index (χ4n) is 2.23. The van der Waals surface area contributed by atoms with E-state index in [1.807, 2.05) is 18.2 Å². The standard InChI is InChI=1S/C16H27N3O2/c1-5-12(3)10-19(6-2)11-13-7-8-14(16(17)18-20)15(9-13)21-4/h7-9,12,20H,5-6,10-11H2,1-4H3,(H2,17,18). The van der Waals surface area contributed by atoms with Crippen LogP contribution in [0.3, 0.4) is 0 Å². The summed E-state index contributed by atoms with van der Waals surface area (Å²) < 4.78 is 5.34. The van der Waals surface area contributed by atoms with Gasteiger partial charge in [-0.2, -0.15) is 0 Å². The normalized spacial score (nSPS) is 13.5.